The van der Waals surface area contributed by atoms with Crippen molar-refractivity contribution >= 4 is 28.6 Å². The van der Waals surface area contributed by atoms with Crippen LogP contribution in [0.15, 0.2) is 0 Å². The molecule has 0 aliphatic carbocycles. The lowest BCUT2D eigenvalue weighted by atomic mass is 10.1. The van der Waals surface area contributed by atoms with E-state index < -0.39 is 11.7 Å². The Balaban J connectivity index is 4.19. The first-order valence-electron chi connectivity index (χ1n) is 5.80. The number of rotatable bonds is 8. The fourth-order valence-corrected chi connectivity index (χ4v) is 1.75. The summed E-state index contributed by atoms with van der Waals surface area (Å²) in [4.78, 5) is 11.9. The van der Waals surface area contributed by atoms with Crippen molar-refractivity contribution in [2.24, 2.45) is 0 Å². The number of methoxy groups -OCH3 is 1. The lowest BCUT2D eigenvalue weighted by Crippen LogP contribution is -2.34. The minimum Gasteiger partial charge on any atom is -0.458 e. The van der Waals surface area contributed by atoms with Crippen molar-refractivity contribution in [2.45, 2.75) is 51.7 Å². The maximum atomic E-state index is 11.9. The van der Waals surface area contributed by atoms with Crippen LogP contribution in [-0.2, 0) is 19.0 Å². The van der Waals surface area contributed by atoms with E-state index in [9.17, 15) is 4.79 Å². The van der Waals surface area contributed by atoms with E-state index in [2.05, 4.69) is 22.6 Å². The largest absolute Gasteiger partial charge is 0.458 e. The summed E-state index contributed by atoms with van der Waals surface area (Å²) >= 11 is 2.32. The summed E-state index contributed by atoms with van der Waals surface area (Å²) in [5.41, 5.74) is -0.477. The molecule has 4 nitrogen and oxygen atoms in total. The highest BCUT2D eigenvalue weighted by molar-refractivity contribution is 14.1. The van der Waals surface area contributed by atoms with Crippen molar-refractivity contribution < 1.29 is 19.0 Å². The van der Waals surface area contributed by atoms with Gasteiger partial charge in [0.1, 0.15) is 12.4 Å². The van der Waals surface area contributed by atoms with Crippen LogP contribution in [-0.4, -0.2) is 36.0 Å². The third-order valence-corrected chi connectivity index (χ3v) is 2.67. The molecule has 102 valence electrons. The molecule has 0 amide bonds. The summed E-state index contributed by atoms with van der Waals surface area (Å²) in [6.07, 6.45) is 2.20. The highest BCUT2D eigenvalue weighted by Crippen LogP contribution is 2.14. The summed E-state index contributed by atoms with van der Waals surface area (Å²) in [7, 11) is 1.54. The Labute approximate surface area is 118 Å². The number of carbonyl (C=O) groups excluding carboxylic acids is 1. The summed E-state index contributed by atoms with van der Waals surface area (Å²) in [5.74, 6) is -0.303. The normalized spacial score (nSPS) is 13.5. The zero-order valence-electron chi connectivity index (χ0n) is 11.1. The number of ether oxygens (including phenoxy) is 3. The van der Waals surface area contributed by atoms with Crippen LogP contribution in [0.25, 0.3) is 0 Å². The molecular weight excluding hydrogens is 335 g/mol. The fourth-order valence-electron chi connectivity index (χ4n) is 1.21. The molecule has 0 saturated heterocycles. The van der Waals surface area contributed by atoms with Crippen LogP contribution in [0.5, 0.6) is 0 Å². The van der Waals surface area contributed by atoms with E-state index in [4.69, 9.17) is 14.2 Å². The standard InChI is InChI=1S/C12H23IO4/c1-12(2,3)17-11(14)10(16-9-15-4)7-5-6-8-13/h10H,5-9H2,1-4H3. The minimum atomic E-state index is -0.517. The van der Waals surface area contributed by atoms with Gasteiger partial charge in [-0.15, -0.1) is 0 Å². The van der Waals surface area contributed by atoms with Gasteiger partial charge in [-0.2, -0.15) is 0 Å². The van der Waals surface area contributed by atoms with Crippen LogP contribution in [0.4, 0.5) is 0 Å². The smallest absolute Gasteiger partial charge is 0.335 e. The number of unbranched alkanes of at least 4 members (excludes halogenated alkanes) is 1. The second-order valence-corrected chi connectivity index (χ2v) is 5.86. The summed E-state index contributed by atoms with van der Waals surface area (Å²) in [6, 6.07) is 0. The molecule has 0 saturated carbocycles. The van der Waals surface area contributed by atoms with E-state index in [1.165, 1.54) is 7.11 Å². The molecule has 0 radical (unpaired) electrons. The predicted molar refractivity (Wildman–Crippen MR) is 75.3 cm³/mol. The number of alkyl halides is 1. The third kappa shape index (κ3) is 9.79. The molecule has 0 bridgehead atoms. The topological polar surface area (TPSA) is 44.8 Å². The Morgan fingerprint density at radius 3 is 2.41 bits per heavy atom. The monoisotopic (exact) mass is 358 g/mol. The van der Waals surface area contributed by atoms with Gasteiger partial charge < -0.3 is 14.2 Å². The third-order valence-electron chi connectivity index (χ3n) is 1.91. The van der Waals surface area contributed by atoms with Crippen LogP contribution >= 0.6 is 22.6 Å². The van der Waals surface area contributed by atoms with Gasteiger partial charge in [0.15, 0.2) is 6.10 Å². The van der Waals surface area contributed by atoms with Crippen LogP contribution in [0.3, 0.4) is 0 Å². The zero-order chi connectivity index (χ0) is 13.3. The van der Waals surface area contributed by atoms with E-state index in [1.807, 2.05) is 20.8 Å². The van der Waals surface area contributed by atoms with Crippen molar-refractivity contribution in [3.05, 3.63) is 0 Å². The van der Waals surface area contributed by atoms with Gasteiger partial charge >= 0.3 is 5.97 Å². The molecule has 0 N–H and O–H groups in total. The Bertz CT molecular complexity index is 213. The SMILES string of the molecule is COCOC(CCCCI)C(=O)OC(C)(C)C. The van der Waals surface area contributed by atoms with Crippen LogP contribution in [0.1, 0.15) is 40.0 Å². The molecule has 0 aromatic heterocycles. The Hall–Kier alpha value is 0.120. The van der Waals surface area contributed by atoms with Gasteiger partial charge in [-0.05, 0) is 44.5 Å². The maximum Gasteiger partial charge on any atom is 0.335 e. The highest BCUT2D eigenvalue weighted by Gasteiger charge is 2.25. The van der Waals surface area contributed by atoms with Gasteiger partial charge in [0.05, 0.1) is 0 Å². The summed E-state index contributed by atoms with van der Waals surface area (Å²) in [5, 5.41) is 0. The molecular formula is C12H23IO4. The highest BCUT2D eigenvalue weighted by atomic mass is 127. The van der Waals surface area contributed by atoms with E-state index in [0.717, 1.165) is 17.3 Å². The Kier molecular flexibility index (Phi) is 9.17. The van der Waals surface area contributed by atoms with E-state index in [0.29, 0.717) is 6.42 Å². The fraction of sp³-hybridized carbons (Fsp3) is 0.917. The molecule has 1 unspecified atom stereocenters. The molecule has 0 fully saturated rings. The molecule has 0 aromatic carbocycles. The van der Waals surface area contributed by atoms with Gasteiger partial charge in [-0.1, -0.05) is 22.6 Å². The summed E-state index contributed by atoms with van der Waals surface area (Å²) < 4.78 is 16.6. The van der Waals surface area contributed by atoms with Crippen molar-refractivity contribution in [3.63, 3.8) is 0 Å². The quantitative estimate of drug-likeness (QED) is 0.220. The molecule has 0 aliphatic heterocycles. The number of hydrogen-bond acceptors (Lipinski definition) is 4. The first-order valence-corrected chi connectivity index (χ1v) is 7.32. The second-order valence-electron chi connectivity index (χ2n) is 4.78. The van der Waals surface area contributed by atoms with E-state index >= 15 is 0 Å². The van der Waals surface area contributed by atoms with Gasteiger partial charge in [0.25, 0.3) is 0 Å². The first-order chi connectivity index (χ1) is 7.90. The van der Waals surface area contributed by atoms with Crippen LogP contribution < -0.4 is 0 Å². The zero-order valence-corrected chi connectivity index (χ0v) is 13.3. The number of halogens is 1. The van der Waals surface area contributed by atoms with Gasteiger partial charge in [-0.25, -0.2) is 4.79 Å². The van der Waals surface area contributed by atoms with Gasteiger partial charge in [0.2, 0.25) is 0 Å². The van der Waals surface area contributed by atoms with Gasteiger partial charge in [-0.3, -0.25) is 0 Å². The molecule has 0 spiro atoms. The Morgan fingerprint density at radius 1 is 1.29 bits per heavy atom. The minimum absolute atomic E-state index is 0.119. The van der Waals surface area contributed by atoms with Crippen molar-refractivity contribution in [3.8, 4) is 0 Å². The molecule has 0 aliphatic rings. The average molecular weight is 358 g/mol. The first kappa shape index (κ1) is 17.1. The van der Waals surface area contributed by atoms with Crippen LogP contribution in [0.2, 0.25) is 0 Å². The van der Waals surface area contributed by atoms with Crippen molar-refractivity contribution in [1.82, 2.24) is 0 Å². The van der Waals surface area contributed by atoms with Gasteiger partial charge in [0, 0.05) is 7.11 Å². The number of carbonyl (C=O) groups is 1. The molecule has 1 atom stereocenters. The lowest BCUT2D eigenvalue weighted by Gasteiger charge is -2.23. The lowest BCUT2D eigenvalue weighted by molar-refractivity contribution is -0.176. The number of esters is 1. The molecule has 0 heterocycles. The predicted octanol–water partition coefficient (Wildman–Crippen LogP) is 2.92. The molecule has 5 heteroatoms. The molecule has 0 aromatic rings. The van der Waals surface area contributed by atoms with E-state index in [1.54, 1.807) is 0 Å². The maximum absolute atomic E-state index is 11.9. The number of hydrogen-bond donors (Lipinski definition) is 0. The van der Waals surface area contributed by atoms with E-state index in [-0.39, 0.29) is 12.8 Å². The average Bonchev–Trinajstić information content (AvgIpc) is 2.20. The van der Waals surface area contributed by atoms with Crippen LogP contribution in [0, 0.1) is 0 Å². The molecule has 0 rings (SSSR count). The van der Waals surface area contributed by atoms with Crippen molar-refractivity contribution in [1.29, 1.82) is 0 Å². The second kappa shape index (κ2) is 9.10. The summed E-state index contributed by atoms with van der Waals surface area (Å²) in [6.45, 7) is 5.67. The molecule has 17 heavy (non-hydrogen) atoms. The van der Waals surface area contributed by atoms with Crippen molar-refractivity contribution in [2.75, 3.05) is 18.3 Å². The Morgan fingerprint density at radius 2 is 1.94 bits per heavy atom.